The number of ether oxygens (including phenoxy) is 2. The lowest BCUT2D eigenvalue weighted by Gasteiger charge is -2.26. The van der Waals surface area contributed by atoms with Crippen molar-refractivity contribution in [2.24, 2.45) is 5.92 Å². The molecule has 190 valence electrons. The van der Waals surface area contributed by atoms with Crippen molar-refractivity contribution in [2.75, 3.05) is 39.4 Å². The molecule has 0 radical (unpaired) electrons. The number of carbonyl (C=O) groups excluding carboxylic acids is 3. The molecule has 1 fully saturated rings. The van der Waals surface area contributed by atoms with Crippen LogP contribution in [0.2, 0.25) is 0 Å². The molecule has 1 aliphatic heterocycles. The monoisotopic (exact) mass is 476 g/mol. The highest BCUT2D eigenvalue weighted by Crippen LogP contribution is 2.08. The fraction of sp³-hybridized carbons (Fsp3) is 0.640. The van der Waals surface area contributed by atoms with Gasteiger partial charge in [-0.25, -0.2) is 4.79 Å². The molecule has 0 aliphatic carbocycles. The maximum Gasteiger partial charge on any atom is 0.408 e. The maximum atomic E-state index is 12.9. The van der Waals surface area contributed by atoms with Crippen LogP contribution in [-0.2, 0) is 25.7 Å². The van der Waals surface area contributed by atoms with E-state index >= 15 is 0 Å². The normalized spacial score (nSPS) is 15.9. The van der Waals surface area contributed by atoms with E-state index < -0.39 is 18.2 Å². The van der Waals surface area contributed by atoms with Crippen LogP contribution >= 0.6 is 0 Å². The molecule has 1 saturated heterocycles. The predicted octanol–water partition coefficient (Wildman–Crippen LogP) is 2.06. The molecule has 1 aliphatic rings. The minimum Gasteiger partial charge on any atom is -0.445 e. The summed E-state index contributed by atoms with van der Waals surface area (Å²) in [4.78, 5) is 40.2. The van der Waals surface area contributed by atoms with Crippen LogP contribution in [0.3, 0.4) is 0 Å². The Morgan fingerprint density at radius 2 is 1.74 bits per heavy atom. The molecule has 0 saturated carbocycles. The molecule has 0 bridgehead atoms. The number of hydrogen-bond donors (Lipinski definition) is 3. The Balaban J connectivity index is 1.79. The standard InChI is InChI=1S/C25H40N4O5/c1-4-21(23(30)26-11-8-12-29-13-15-33-16-14-29)27-24(31)22(17-19(2)3)28-25(32)34-18-20-9-6-5-7-10-20/h5-7,9-10,19,21-22H,4,8,11-18H2,1-3H3,(H,26,30)(H,27,31)(H,28,32)/t21-,22-/m0/s1. The lowest BCUT2D eigenvalue weighted by Crippen LogP contribution is -2.54. The zero-order chi connectivity index (χ0) is 24.8. The number of alkyl carbamates (subject to hydrolysis) is 1. The highest BCUT2D eigenvalue weighted by Gasteiger charge is 2.27. The van der Waals surface area contributed by atoms with Crippen molar-refractivity contribution in [2.45, 2.75) is 58.7 Å². The average molecular weight is 477 g/mol. The Morgan fingerprint density at radius 3 is 2.38 bits per heavy atom. The maximum absolute atomic E-state index is 12.9. The molecule has 2 atom stereocenters. The zero-order valence-electron chi connectivity index (χ0n) is 20.7. The summed E-state index contributed by atoms with van der Waals surface area (Å²) in [5.41, 5.74) is 0.860. The van der Waals surface area contributed by atoms with Crippen LogP contribution in [0.15, 0.2) is 30.3 Å². The first-order valence-corrected chi connectivity index (χ1v) is 12.2. The molecule has 3 N–H and O–H groups in total. The van der Waals surface area contributed by atoms with Crippen LogP contribution in [0.1, 0.15) is 45.6 Å². The molecule has 3 amide bonds. The van der Waals surface area contributed by atoms with E-state index in [-0.39, 0.29) is 24.3 Å². The third kappa shape index (κ3) is 10.5. The van der Waals surface area contributed by atoms with Gasteiger partial charge < -0.3 is 25.4 Å². The van der Waals surface area contributed by atoms with Gasteiger partial charge in [0.1, 0.15) is 18.7 Å². The Hall–Kier alpha value is -2.65. The van der Waals surface area contributed by atoms with Crippen molar-refractivity contribution in [1.29, 1.82) is 0 Å². The number of hydrogen-bond acceptors (Lipinski definition) is 6. The molecule has 34 heavy (non-hydrogen) atoms. The second-order valence-electron chi connectivity index (χ2n) is 8.96. The number of nitrogens with one attached hydrogen (secondary N) is 3. The smallest absolute Gasteiger partial charge is 0.408 e. The molecule has 1 aromatic rings. The van der Waals surface area contributed by atoms with Crippen molar-refractivity contribution >= 4 is 17.9 Å². The number of rotatable bonds is 13. The molecule has 9 nitrogen and oxygen atoms in total. The second-order valence-corrected chi connectivity index (χ2v) is 8.96. The Bertz CT molecular complexity index is 753. The number of amides is 3. The highest BCUT2D eigenvalue weighted by atomic mass is 16.5. The van der Waals surface area contributed by atoms with E-state index in [9.17, 15) is 14.4 Å². The Morgan fingerprint density at radius 1 is 1.03 bits per heavy atom. The minimum absolute atomic E-state index is 0.118. The van der Waals surface area contributed by atoms with E-state index in [0.717, 1.165) is 44.8 Å². The molecule has 0 aromatic heterocycles. The summed E-state index contributed by atoms with van der Waals surface area (Å²) in [6, 6.07) is 7.89. The largest absolute Gasteiger partial charge is 0.445 e. The minimum atomic E-state index is -0.786. The van der Waals surface area contributed by atoms with E-state index in [1.807, 2.05) is 51.1 Å². The Labute approximate surface area is 202 Å². The van der Waals surface area contributed by atoms with Gasteiger partial charge in [-0.1, -0.05) is 51.1 Å². The summed E-state index contributed by atoms with van der Waals surface area (Å²) in [6.07, 6.45) is 1.06. The summed E-state index contributed by atoms with van der Waals surface area (Å²) in [5.74, 6) is -0.437. The number of benzene rings is 1. The van der Waals surface area contributed by atoms with E-state index in [1.54, 1.807) is 0 Å². The van der Waals surface area contributed by atoms with Crippen LogP contribution in [0, 0.1) is 5.92 Å². The summed E-state index contributed by atoms with van der Waals surface area (Å²) >= 11 is 0. The SMILES string of the molecule is CC[C@H](NC(=O)[C@H](CC(C)C)NC(=O)OCc1ccccc1)C(=O)NCCCN1CCOCC1. The van der Waals surface area contributed by atoms with Gasteiger partial charge in [0.05, 0.1) is 13.2 Å². The van der Waals surface area contributed by atoms with Crippen LogP contribution in [0.5, 0.6) is 0 Å². The number of carbonyl (C=O) groups is 3. The molecule has 9 heteroatoms. The fourth-order valence-electron chi connectivity index (χ4n) is 3.70. The first-order chi connectivity index (χ1) is 16.4. The average Bonchev–Trinajstić information content (AvgIpc) is 2.84. The Kier molecular flexibility index (Phi) is 12.4. The molecule has 1 aromatic carbocycles. The predicted molar refractivity (Wildman–Crippen MR) is 130 cm³/mol. The second kappa shape index (κ2) is 15.3. The van der Waals surface area contributed by atoms with Crippen LogP contribution in [-0.4, -0.2) is 74.3 Å². The van der Waals surface area contributed by atoms with Gasteiger partial charge in [0.15, 0.2) is 0 Å². The highest BCUT2D eigenvalue weighted by molar-refractivity contribution is 5.91. The molecule has 0 unspecified atom stereocenters. The van der Waals surface area contributed by atoms with Gasteiger partial charge >= 0.3 is 6.09 Å². The first kappa shape index (κ1) is 27.6. The van der Waals surface area contributed by atoms with E-state index in [4.69, 9.17) is 9.47 Å². The molecule has 1 heterocycles. The third-order valence-corrected chi connectivity index (χ3v) is 5.62. The van der Waals surface area contributed by atoms with E-state index in [2.05, 4.69) is 20.9 Å². The van der Waals surface area contributed by atoms with Gasteiger partial charge in [0, 0.05) is 19.6 Å². The fourth-order valence-corrected chi connectivity index (χ4v) is 3.70. The molecular formula is C25H40N4O5. The van der Waals surface area contributed by atoms with Gasteiger partial charge in [0.2, 0.25) is 11.8 Å². The molecule has 2 rings (SSSR count). The van der Waals surface area contributed by atoms with Gasteiger partial charge in [0.25, 0.3) is 0 Å². The van der Waals surface area contributed by atoms with Gasteiger partial charge in [-0.15, -0.1) is 0 Å². The quantitative estimate of drug-likeness (QED) is 0.376. The van der Waals surface area contributed by atoms with Gasteiger partial charge in [-0.3, -0.25) is 14.5 Å². The molecular weight excluding hydrogens is 436 g/mol. The zero-order valence-corrected chi connectivity index (χ0v) is 20.7. The van der Waals surface area contributed by atoms with E-state index in [0.29, 0.717) is 19.4 Å². The van der Waals surface area contributed by atoms with Crippen molar-refractivity contribution < 1.29 is 23.9 Å². The van der Waals surface area contributed by atoms with Crippen molar-refractivity contribution in [3.8, 4) is 0 Å². The summed E-state index contributed by atoms with van der Waals surface area (Å²) in [6.45, 7) is 10.7. The third-order valence-electron chi connectivity index (χ3n) is 5.62. The van der Waals surface area contributed by atoms with E-state index in [1.165, 1.54) is 0 Å². The van der Waals surface area contributed by atoms with Crippen molar-refractivity contribution in [3.05, 3.63) is 35.9 Å². The van der Waals surface area contributed by atoms with Crippen LogP contribution in [0.4, 0.5) is 4.79 Å². The summed E-state index contributed by atoms with van der Waals surface area (Å²) < 4.78 is 10.6. The topological polar surface area (TPSA) is 109 Å². The molecule has 0 spiro atoms. The van der Waals surface area contributed by atoms with Gasteiger partial charge in [-0.2, -0.15) is 0 Å². The summed E-state index contributed by atoms with van der Waals surface area (Å²) in [7, 11) is 0. The van der Waals surface area contributed by atoms with Crippen LogP contribution < -0.4 is 16.0 Å². The lowest BCUT2D eigenvalue weighted by molar-refractivity contribution is -0.130. The number of morpholine rings is 1. The van der Waals surface area contributed by atoms with Crippen LogP contribution in [0.25, 0.3) is 0 Å². The number of nitrogens with zero attached hydrogens (tertiary/aromatic N) is 1. The first-order valence-electron chi connectivity index (χ1n) is 12.2. The van der Waals surface area contributed by atoms with Crippen molar-refractivity contribution in [1.82, 2.24) is 20.9 Å². The van der Waals surface area contributed by atoms with Gasteiger partial charge in [-0.05, 0) is 37.3 Å². The lowest BCUT2D eigenvalue weighted by atomic mass is 10.0. The summed E-state index contributed by atoms with van der Waals surface area (Å²) in [5, 5.41) is 8.36. The van der Waals surface area contributed by atoms with Crippen molar-refractivity contribution in [3.63, 3.8) is 0 Å².